The molecule has 0 unspecified atom stereocenters. The Kier molecular flexibility index (Phi) is 17.0. The lowest BCUT2D eigenvalue weighted by molar-refractivity contribution is -0.299. The number of rotatable bonds is 11. The van der Waals surface area contributed by atoms with Crippen LogP contribution in [0.25, 0.3) is 5.57 Å². The molecule has 6 atom stereocenters. The van der Waals surface area contributed by atoms with Crippen LogP contribution < -0.4 is 10.6 Å². The number of likely N-dealkylation sites (tertiary alicyclic amines) is 1. The van der Waals surface area contributed by atoms with Crippen molar-refractivity contribution >= 4 is 58.5 Å². The number of alkyl halides is 6. The first-order valence-electron chi connectivity index (χ1n) is 24.3. The van der Waals surface area contributed by atoms with Gasteiger partial charge in [0.1, 0.15) is 36.4 Å². The quantitative estimate of drug-likeness (QED) is 0.260. The molecule has 3 aliphatic heterocycles. The maximum absolute atomic E-state index is 14.9. The van der Waals surface area contributed by atoms with E-state index in [0.29, 0.717) is 72.7 Å². The van der Waals surface area contributed by atoms with Crippen molar-refractivity contribution in [3.8, 4) is 0 Å². The van der Waals surface area contributed by atoms with Crippen molar-refractivity contribution in [2.24, 2.45) is 17.3 Å². The van der Waals surface area contributed by atoms with Crippen LogP contribution in [0.5, 0.6) is 0 Å². The molecule has 2 N–H and O–H groups in total. The second-order valence-electron chi connectivity index (χ2n) is 20.5. The molecule has 1 aromatic rings. The van der Waals surface area contributed by atoms with Gasteiger partial charge in [0, 0.05) is 78.1 Å². The van der Waals surface area contributed by atoms with E-state index in [1.54, 1.807) is 48.2 Å². The maximum Gasteiger partial charge on any atom is 0.403 e. The smallest absolute Gasteiger partial charge is 0.344 e. The van der Waals surface area contributed by atoms with E-state index in [1.807, 2.05) is 13.8 Å². The van der Waals surface area contributed by atoms with Gasteiger partial charge in [-0.05, 0) is 79.2 Å². The molecule has 14 nitrogen and oxygen atoms in total. The van der Waals surface area contributed by atoms with Crippen LogP contribution in [0.15, 0.2) is 24.3 Å². The fraction of sp³-hybridized carbons (Fsp3) is 0.694. The summed E-state index contributed by atoms with van der Waals surface area (Å²) in [5.41, 5.74) is -1.37. The van der Waals surface area contributed by atoms with Crippen molar-refractivity contribution in [3.05, 3.63) is 40.4 Å². The number of carbonyl (C=O) groups is 7. The molecular weight excluding hydrogens is 948 g/mol. The summed E-state index contributed by atoms with van der Waals surface area (Å²) >= 11 is 6.53. The lowest BCUT2D eigenvalue weighted by Crippen LogP contribution is -2.65. The topological polar surface area (TPSA) is 160 Å². The van der Waals surface area contributed by atoms with Crippen LogP contribution in [-0.4, -0.2) is 162 Å². The number of benzene rings is 1. The Balaban J connectivity index is 1.25. The number of hydrogen-bond donors (Lipinski definition) is 2. The van der Waals surface area contributed by atoms with Crippen LogP contribution in [0.3, 0.4) is 0 Å². The third-order valence-corrected chi connectivity index (χ3v) is 14.9. The number of halogens is 7. The van der Waals surface area contributed by atoms with Crippen LogP contribution in [0.1, 0.15) is 108 Å². The van der Waals surface area contributed by atoms with Crippen LogP contribution in [0.4, 0.5) is 26.3 Å². The molecule has 1 aromatic carbocycles. The summed E-state index contributed by atoms with van der Waals surface area (Å²) in [5, 5.41) is 5.81. The minimum Gasteiger partial charge on any atom is -0.344 e. The van der Waals surface area contributed by atoms with Gasteiger partial charge in [-0.1, -0.05) is 57.2 Å². The summed E-state index contributed by atoms with van der Waals surface area (Å²) in [6.07, 6.45) is -5.23. The normalized spacial score (nSPS) is 26.7. The van der Waals surface area contributed by atoms with E-state index in [0.717, 1.165) is 23.3 Å². The average molecular weight is 1010 g/mol. The van der Waals surface area contributed by atoms with E-state index >= 15 is 0 Å². The standard InChI is InChI=1S/C49H66ClF6N7O7/c1-28(2)20-35-43(67)62(6)38(22-31-21-32(50)15-16-34(31)30-17-19-59(3)39(64)23-30)44(68)60(4)18-11-9-7-8-10-12-36(41(65)57-35)61(5)45(69)40(29-13-14-29)58-42(66)37-24-33(51)25-63(37)46(70)47(49(54,55)56)26-48(52,53)27-47/h15-16,21,23,28-29,33,35-38,40H,7-14,17-20,22,24-27H2,1-6H3,(H,57,65)(H,58,66)/t33-,35+,36+,37+,38+,40+/m1/s1. The predicted molar refractivity (Wildman–Crippen MR) is 248 cm³/mol. The highest BCUT2D eigenvalue weighted by molar-refractivity contribution is 6.30. The summed E-state index contributed by atoms with van der Waals surface area (Å²) in [4.78, 5) is 105. The van der Waals surface area contributed by atoms with Crippen molar-refractivity contribution in [1.82, 2.24) is 35.1 Å². The second-order valence-corrected chi connectivity index (χ2v) is 21.0. The van der Waals surface area contributed by atoms with Crippen LogP contribution in [0, 0.1) is 17.3 Å². The molecule has 7 amide bonds. The third-order valence-electron chi connectivity index (χ3n) is 14.6. The van der Waals surface area contributed by atoms with E-state index in [9.17, 15) is 59.9 Å². The van der Waals surface area contributed by atoms with Gasteiger partial charge >= 0.3 is 6.18 Å². The third kappa shape index (κ3) is 12.2. The number of carbonyl (C=O) groups excluding carboxylic acids is 7. The molecule has 70 heavy (non-hydrogen) atoms. The largest absolute Gasteiger partial charge is 0.403 e. The Morgan fingerprint density at radius 3 is 2.20 bits per heavy atom. The van der Waals surface area contributed by atoms with Crippen LogP contribution in [0.2, 0.25) is 5.02 Å². The Hall–Kier alpha value is -4.88. The lowest BCUT2D eigenvalue weighted by Gasteiger charge is -2.48. The Morgan fingerprint density at radius 2 is 1.59 bits per heavy atom. The SMILES string of the molecule is CC(C)C[C@@H]1NC(=O)[C@@H](N(C)C(=O)[C@@H](NC(=O)[C@@H]2C[C@@H](F)CN2C(=O)C2(C(F)(F)F)CC(F)(F)C2)C2CC2)CCCCCCCN(C)C(=O)[C@H](Cc2cc(Cl)ccc2C2=CC(=O)N(C)CC2)N(C)C1=O. The molecule has 388 valence electrons. The Bertz CT molecular complexity index is 2200. The van der Waals surface area contributed by atoms with E-state index < -0.39 is 115 Å². The molecule has 21 heteroatoms. The highest BCUT2D eigenvalue weighted by Gasteiger charge is 2.75. The van der Waals surface area contributed by atoms with Gasteiger partial charge in [-0.2, -0.15) is 13.2 Å². The van der Waals surface area contributed by atoms with Crippen LogP contribution in [-0.2, 0) is 40.0 Å². The maximum atomic E-state index is 14.9. The Labute approximate surface area is 410 Å². The van der Waals surface area contributed by atoms with Gasteiger partial charge < -0.3 is 35.1 Å². The molecule has 0 radical (unpaired) electrons. The van der Waals surface area contributed by atoms with E-state index in [-0.39, 0.29) is 37.0 Å². The van der Waals surface area contributed by atoms with E-state index in [4.69, 9.17) is 11.6 Å². The highest BCUT2D eigenvalue weighted by Crippen LogP contribution is 2.61. The van der Waals surface area contributed by atoms with E-state index in [2.05, 4.69) is 10.6 Å². The number of likely N-dealkylation sites (N-methyl/N-ethyl adjacent to an activating group) is 4. The van der Waals surface area contributed by atoms with Crippen molar-refractivity contribution < 1.29 is 59.9 Å². The number of amides is 7. The Morgan fingerprint density at radius 1 is 0.929 bits per heavy atom. The van der Waals surface area contributed by atoms with Gasteiger partial charge in [-0.3, -0.25) is 33.6 Å². The van der Waals surface area contributed by atoms with Gasteiger partial charge in [0.15, 0.2) is 5.41 Å². The fourth-order valence-corrected chi connectivity index (χ4v) is 10.5. The first-order chi connectivity index (χ1) is 32.7. The summed E-state index contributed by atoms with van der Waals surface area (Å²) in [5.74, 6) is -9.86. The zero-order chi connectivity index (χ0) is 51.6. The average Bonchev–Trinajstić information content (AvgIpc) is 4.05. The summed E-state index contributed by atoms with van der Waals surface area (Å²) in [6.45, 7) is 3.66. The van der Waals surface area contributed by atoms with Crippen LogP contribution >= 0.6 is 11.6 Å². The zero-order valence-electron chi connectivity index (χ0n) is 40.7. The van der Waals surface area contributed by atoms with Gasteiger partial charge in [0.25, 0.3) is 5.92 Å². The molecule has 2 aliphatic carbocycles. The summed E-state index contributed by atoms with van der Waals surface area (Å²) in [7, 11) is 6.25. The van der Waals surface area contributed by atoms with Crippen molar-refractivity contribution in [2.45, 2.75) is 152 Å². The molecule has 3 heterocycles. The molecule has 5 aliphatic rings. The second kappa shape index (κ2) is 21.9. The minimum absolute atomic E-state index is 0.0249. The molecule has 0 aromatic heterocycles. The highest BCUT2D eigenvalue weighted by atomic mass is 35.5. The fourth-order valence-electron chi connectivity index (χ4n) is 10.3. The van der Waals surface area contributed by atoms with Gasteiger partial charge in [0.2, 0.25) is 41.4 Å². The first kappa shape index (κ1) is 54.5. The first-order valence-corrected chi connectivity index (χ1v) is 24.7. The zero-order valence-corrected chi connectivity index (χ0v) is 41.4. The summed E-state index contributed by atoms with van der Waals surface area (Å²) in [6, 6.07) is -1.40. The molecule has 0 spiro atoms. The predicted octanol–water partition coefficient (Wildman–Crippen LogP) is 5.94. The number of nitrogens with one attached hydrogen (secondary N) is 2. The van der Waals surface area contributed by atoms with Gasteiger partial charge in [-0.25, -0.2) is 13.2 Å². The van der Waals surface area contributed by atoms with Crippen molar-refractivity contribution in [3.63, 3.8) is 0 Å². The lowest BCUT2D eigenvalue weighted by atomic mass is 9.64. The molecule has 6 rings (SSSR count). The minimum atomic E-state index is -5.40. The molecule has 0 bridgehead atoms. The molecule has 2 saturated carbocycles. The molecule has 4 fully saturated rings. The van der Waals surface area contributed by atoms with E-state index in [1.165, 1.54) is 19.0 Å². The number of nitrogens with zero attached hydrogens (tertiary/aromatic N) is 5. The van der Waals surface area contributed by atoms with Gasteiger partial charge in [0.05, 0.1) is 6.54 Å². The molecule has 2 saturated heterocycles. The van der Waals surface area contributed by atoms with Crippen molar-refractivity contribution in [1.29, 1.82) is 0 Å². The number of hydrogen-bond acceptors (Lipinski definition) is 7. The van der Waals surface area contributed by atoms with Crippen molar-refractivity contribution in [2.75, 3.05) is 47.8 Å². The monoisotopic (exact) mass is 1010 g/mol. The molecular formula is C49H66ClF6N7O7. The summed E-state index contributed by atoms with van der Waals surface area (Å²) < 4.78 is 85.4. The van der Waals surface area contributed by atoms with Gasteiger partial charge in [-0.15, -0.1) is 0 Å².